The van der Waals surface area contributed by atoms with Crippen LogP contribution in [0.15, 0.2) is 11.6 Å². The van der Waals surface area contributed by atoms with Gasteiger partial charge in [-0.2, -0.15) is 0 Å². The molecule has 0 aliphatic heterocycles. The Hall–Kier alpha value is -0.830. The van der Waals surface area contributed by atoms with Crippen molar-refractivity contribution in [1.82, 2.24) is 5.32 Å². The fraction of sp³-hybridized carbons (Fsp3) is 0.900. The molecule has 188 valence electrons. The first-order valence-electron chi connectivity index (χ1n) is 14.3. The molecule has 8 atom stereocenters. The molecule has 4 unspecified atom stereocenters. The molecule has 4 aliphatic rings. The molecule has 0 aromatic rings. The molecule has 2 N–H and O–H groups in total. The molecule has 3 fully saturated rings. The summed E-state index contributed by atoms with van der Waals surface area (Å²) in [4.78, 5) is 10.9. The first-order valence-corrected chi connectivity index (χ1v) is 14.3. The number of carboxylic acid groups (broad SMARTS) is 1. The third-order valence-corrected chi connectivity index (χ3v) is 11.1. The van der Waals surface area contributed by atoms with Gasteiger partial charge in [0.25, 0.3) is 0 Å². The Morgan fingerprint density at radius 2 is 1.88 bits per heavy atom. The summed E-state index contributed by atoms with van der Waals surface area (Å²) >= 11 is 0. The van der Waals surface area contributed by atoms with E-state index in [9.17, 15) is 4.79 Å². The highest BCUT2D eigenvalue weighted by atomic mass is 16.4. The summed E-state index contributed by atoms with van der Waals surface area (Å²) in [6, 6.07) is 0.469. The van der Waals surface area contributed by atoms with Crippen molar-refractivity contribution in [2.24, 2.45) is 46.3 Å². The van der Waals surface area contributed by atoms with Crippen LogP contribution in [-0.4, -0.2) is 23.7 Å². The van der Waals surface area contributed by atoms with Gasteiger partial charge in [-0.1, -0.05) is 65.5 Å². The number of nitrogens with one attached hydrogen (secondary N) is 1. The second kappa shape index (κ2) is 10.0. The highest BCUT2D eigenvalue weighted by Gasteiger charge is 2.59. The number of fused-ring (bicyclic) bond motifs is 5. The van der Waals surface area contributed by atoms with Gasteiger partial charge in [0.1, 0.15) is 0 Å². The van der Waals surface area contributed by atoms with Crippen LogP contribution in [0.3, 0.4) is 0 Å². The minimum Gasteiger partial charge on any atom is -0.481 e. The van der Waals surface area contributed by atoms with Crippen LogP contribution < -0.4 is 5.32 Å². The lowest BCUT2D eigenvalue weighted by atomic mass is 9.47. The maximum atomic E-state index is 10.9. The average Bonchev–Trinajstić information content (AvgIpc) is 3.10. The van der Waals surface area contributed by atoms with Crippen LogP contribution in [0, 0.1) is 46.3 Å². The Morgan fingerprint density at radius 3 is 2.61 bits per heavy atom. The van der Waals surface area contributed by atoms with Crippen molar-refractivity contribution in [3.63, 3.8) is 0 Å². The van der Waals surface area contributed by atoms with Crippen molar-refractivity contribution in [1.29, 1.82) is 0 Å². The van der Waals surface area contributed by atoms with Gasteiger partial charge >= 0.3 is 5.97 Å². The monoisotopic (exact) mass is 457 g/mol. The van der Waals surface area contributed by atoms with Crippen LogP contribution in [0.5, 0.6) is 0 Å². The molecule has 33 heavy (non-hydrogen) atoms. The van der Waals surface area contributed by atoms with E-state index >= 15 is 0 Å². The zero-order valence-electron chi connectivity index (χ0n) is 22.2. The summed E-state index contributed by atoms with van der Waals surface area (Å²) in [5, 5.41) is 12.5. The molecule has 4 rings (SSSR count). The Balaban J connectivity index is 1.41. The van der Waals surface area contributed by atoms with Gasteiger partial charge in [-0.05, 0) is 97.7 Å². The fourth-order valence-corrected chi connectivity index (χ4v) is 9.24. The van der Waals surface area contributed by atoms with E-state index in [0.29, 0.717) is 23.4 Å². The molecular formula is C30H51NO2. The predicted molar refractivity (Wildman–Crippen MR) is 137 cm³/mol. The van der Waals surface area contributed by atoms with Crippen molar-refractivity contribution in [2.75, 3.05) is 6.54 Å². The predicted octanol–water partition coefficient (Wildman–Crippen LogP) is 7.46. The fourth-order valence-electron chi connectivity index (χ4n) is 9.24. The number of hydrogen-bond donors (Lipinski definition) is 2. The summed E-state index contributed by atoms with van der Waals surface area (Å²) in [5.74, 6) is 4.64. The van der Waals surface area contributed by atoms with Crippen molar-refractivity contribution in [3.8, 4) is 0 Å². The largest absolute Gasteiger partial charge is 0.481 e. The second-order valence-electron chi connectivity index (χ2n) is 13.3. The number of aliphatic carboxylic acids is 1. The molecule has 0 aromatic carbocycles. The van der Waals surface area contributed by atoms with E-state index in [1.54, 1.807) is 5.57 Å². The number of rotatable bonds is 9. The average molecular weight is 458 g/mol. The van der Waals surface area contributed by atoms with E-state index in [1.165, 1.54) is 64.2 Å². The molecular weight excluding hydrogens is 406 g/mol. The van der Waals surface area contributed by atoms with Crippen LogP contribution in [0.1, 0.15) is 112 Å². The summed E-state index contributed by atoms with van der Waals surface area (Å²) < 4.78 is 0. The van der Waals surface area contributed by atoms with E-state index in [0.717, 1.165) is 41.9 Å². The summed E-state index contributed by atoms with van der Waals surface area (Å²) in [6.45, 7) is 13.2. The Bertz CT molecular complexity index is 729. The van der Waals surface area contributed by atoms with Crippen molar-refractivity contribution >= 4 is 5.97 Å². The first kappa shape index (κ1) is 25.3. The van der Waals surface area contributed by atoms with Crippen LogP contribution in [-0.2, 0) is 4.79 Å². The van der Waals surface area contributed by atoms with E-state index in [1.807, 2.05) is 0 Å². The first-order chi connectivity index (χ1) is 15.6. The molecule has 0 radical (unpaired) electrons. The summed E-state index contributed by atoms with van der Waals surface area (Å²) in [7, 11) is 0. The second-order valence-corrected chi connectivity index (χ2v) is 13.3. The Morgan fingerprint density at radius 1 is 1.09 bits per heavy atom. The molecule has 0 bridgehead atoms. The van der Waals surface area contributed by atoms with E-state index < -0.39 is 5.97 Å². The van der Waals surface area contributed by atoms with Crippen molar-refractivity contribution in [3.05, 3.63) is 11.6 Å². The molecule has 3 saturated carbocycles. The van der Waals surface area contributed by atoms with E-state index in [4.69, 9.17) is 5.11 Å². The van der Waals surface area contributed by atoms with Gasteiger partial charge in [-0.25, -0.2) is 0 Å². The molecule has 0 saturated heterocycles. The van der Waals surface area contributed by atoms with E-state index in [-0.39, 0.29) is 6.42 Å². The van der Waals surface area contributed by atoms with Gasteiger partial charge in [0, 0.05) is 12.6 Å². The maximum absolute atomic E-state index is 10.9. The van der Waals surface area contributed by atoms with E-state index in [2.05, 4.69) is 46.0 Å². The van der Waals surface area contributed by atoms with Crippen LogP contribution in [0.25, 0.3) is 0 Å². The number of carboxylic acids is 1. The third kappa shape index (κ3) is 4.95. The standard InChI is InChI=1S/C30H51NO2/c1-20(2)7-6-8-21(3)25-11-12-26-24-10-9-22-19-23(31-18-15-28(32)33)13-16-29(22,4)27(24)14-17-30(25,26)5/h9,20-21,23-27,31H,6-8,10-19H2,1-5H3,(H,32,33)/t21-,23?,24?,25-,26?,27?,29+,30-/m1/s1. The minimum absolute atomic E-state index is 0.231. The molecule has 3 heteroatoms. The SMILES string of the molecule is CC(C)CCC[C@@H](C)[C@H]1CCC2C3CC=C4CC(NCCC(=O)O)CC[C@]4(C)C3CC[C@@]21C. The topological polar surface area (TPSA) is 49.3 Å². The van der Waals surface area contributed by atoms with Crippen LogP contribution >= 0.6 is 0 Å². The molecule has 3 nitrogen and oxygen atoms in total. The third-order valence-electron chi connectivity index (χ3n) is 11.1. The lowest BCUT2D eigenvalue weighted by Crippen LogP contribution is -2.51. The van der Waals surface area contributed by atoms with Gasteiger partial charge in [-0.15, -0.1) is 0 Å². The zero-order valence-corrected chi connectivity index (χ0v) is 22.2. The Kier molecular flexibility index (Phi) is 7.68. The van der Waals surface area contributed by atoms with Crippen LogP contribution in [0.2, 0.25) is 0 Å². The normalized spacial score (nSPS) is 41.2. The number of allylic oxidation sites excluding steroid dienone is 1. The zero-order chi connectivity index (χ0) is 23.8. The maximum Gasteiger partial charge on any atom is 0.304 e. The van der Waals surface area contributed by atoms with Gasteiger partial charge in [0.05, 0.1) is 6.42 Å². The molecule has 0 spiro atoms. The van der Waals surface area contributed by atoms with Crippen LogP contribution in [0.4, 0.5) is 0 Å². The number of hydrogen-bond acceptors (Lipinski definition) is 2. The highest BCUT2D eigenvalue weighted by molar-refractivity contribution is 5.66. The number of carbonyl (C=O) groups is 1. The highest BCUT2D eigenvalue weighted by Crippen LogP contribution is 2.67. The van der Waals surface area contributed by atoms with Crippen molar-refractivity contribution < 1.29 is 9.90 Å². The molecule has 0 amide bonds. The molecule has 0 aromatic heterocycles. The smallest absolute Gasteiger partial charge is 0.304 e. The molecule has 4 aliphatic carbocycles. The molecule has 0 heterocycles. The van der Waals surface area contributed by atoms with Gasteiger partial charge in [0.2, 0.25) is 0 Å². The van der Waals surface area contributed by atoms with Gasteiger partial charge < -0.3 is 10.4 Å². The van der Waals surface area contributed by atoms with Gasteiger partial charge in [-0.3, -0.25) is 4.79 Å². The summed E-state index contributed by atoms with van der Waals surface area (Å²) in [6.07, 6.45) is 17.8. The lowest BCUT2D eigenvalue weighted by Gasteiger charge is -2.58. The minimum atomic E-state index is -0.697. The lowest BCUT2D eigenvalue weighted by molar-refractivity contribution is -0.136. The Labute approximate surface area is 203 Å². The quantitative estimate of drug-likeness (QED) is 0.353. The summed E-state index contributed by atoms with van der Waals surface area (Å²) in [5.41, 5.74) is 2.65. The van der Waals surface area contributed by atoms with Gasteiger partial charge in [0.15, 0.2) is 0 Å². The van der Waals surface area contributed by atoms with Crippen molar-refractivity contribution in [2.45, 2.75) is 118 Å².